The zero-order chi connectivity index (χ0) is 10.0. The largest absolute Gasteiger partial charge is 0.378 e. The normalized spacial score (nSPS) is 26.7. The smallest absolute Gasteiger partial charge is 0.161 e. The van der Waals surface area contributed by atoms with Gasteiger partial charge in [0.1, 0.15) is 0 Å². The third kappa shape index (κ3) is 1.65. The van der Waals surface area contributed by atoms with E-state index in [2.05, 4.69) is 0 Å². The number of alkyl halides is 1. The molecular formula is C11H14FNO. The summed E-state index contributed by atoms with van der Waals surface area (Å²) in [6.45, 7) is 1.18. The van der Waals surface area contributed by atoms with E-state index < -0.39 is 5.67 Å². The predicted molar refractivity (Wildman–Crippen MR) is 52.6 cm³/mol. The van der Waals surface area contributed by atoms with Crippen LogP contribution in [0.5, 0.6) is 0 Å². The molecule has 0 radical (unpaired) electrons. The highest BCUT2D eigenvalue weighted by molar-refractivity contribution is 5.28. The maximum absolute atomic E-state index is 14.1. The highest BCUT2D eigenvalue weighted by atomic mass is 19.1. The summed E-state index contributed by atoms with van der Waals surface area (Å²) >= 11 is 0. The first-order valence-electron chi connectivity index (χ1n) is 4.81. The molecule has 3 heteroatoms. The number of hydrogen-bond donors (Lipinski definition) is 1. The molecule has 0 aromatic heterocycles. The summed E-state index contributed by atoms with van der Waals surface area (Å²) in [5.74, 6) is 0. The standard InChI is InChI=1S/C11H14FNO/c12-11(5-6-14-8-11)10-3-1-9(7-13)2-4-10/h1-4H,5-8,13H2. The van der Waals surface area contributed by atoms with Gasteiger partial charge in [-0.1, -0.05) is 24.3 Å². The van der Waals surface area contributed by atoms with Gasteiger partial charge in [-0.3, -0.25) is 0 Å². The molecule has 1 aliphatic rings. The van der Waals surface area contributed by atoms with Crippen LogP contribution in [0.3, 0.4) is 0 Å². The SMILES string of the molecule is NCc1ccc(C2(F)CCOC2)cc1. The van der Waals surface area contributed by atoms with Gasteiger partial charge in [0, 0.05) is 13.0 Å². The summed E-state index contributed by atoms with van der Waals surface area (Å²) in [5.41, 5.74) is 5.91. The lowest BCUT2D eigenvalue weighted by Crippen LogP contribution is -2.19. The number of benzene rings is 1. The van der Waals surface area contributed by atoms with Crippen LogP contribution >= 0.6 is 0 Å². The van der Waals surface area contributed by atoms with E-state index in [9.17, 15) is 4.39 Å². The number of nitrogens with two attached hydrogens (primary N) is 1. The van der Waals surface area contributed by atoms with Crippen molar-refractivity contribution in [3.05, 3.63) is 35.4 Å². The van der Waals surface area contributed by atoms with Gasteiger partial charge in [0.05, 0.1) is 13.2 Å². The molecule has 2 nitrogen and oxygen atoms in total. The lowest BCUT2D eigenvalue weighted by atomic mass is 9.94. The van der Waals surface area contributed by atoms with Crippen LogP contribution in [0.1, 0.15) is 17.5 Å². The lowest BCUT2D eigenvalue weighted by molar-refractivity contribution is 0.112. The quantitative estimate of drug-likeness (QED) is 0.780. The Labute approximate surface area is 82.9 Å². The van der Waals surface area contributed by atoms with Crippen molar-refractivity contribution >= 4 is 0 Å². The summed E-state index contributed by atoms with van der Waals surface area (Å²) < 4.78 is 19.2. The molecule has 76 valence electrons. The van der Waals surface area contributed by atoms with E-state index in [0.29, 0.717) is 25.1 Å². The highest BCUT2D eigenvalue weighted by Crippen LogP contribution is 2.34. The first kappa shape index (κ1) is 9.62. The van der Waals surface area contributed by atoms with Gasteiger partial charge < -0.3 is 10.5 Å². The second kappa shape index (κ2) is 3.67. The van der Waals surface area contributed by atoms with Crippen LogP contribution in [0.25, 0.3) is 0 Å². The molecule has 1 aromatic rings. The molecule has 1 atom stereocenters. The van der Waals surface area contributed by atoms with Crippen molar-refractivity contribution in [2.75, 3.05) is 13.2 Å². The van der Waals surface area contributed by atoms with E-state index in [1.54, 1.807) is 12.1 Å². The Bertz CT molecular complexity index is 304. The second-order valence-electron chi connectivity index (χ2n) is 3.67. The molecular weight excluding hydrogens is 181 g/mol. The van der Waals surface area contributed by atoms with Crippen molar-refractivity contribution in [3.8, 4) is 0 Å². The molecule has 1 heterocycles. The van der Waals surface area contributed by atoms with Crippen molar-refractivity contribution in [1.29, 1.82) is 0 Å². The molecule has 1 saturated heterocycles. The van der Waals surface area contributed by atoms with Gasteiger partial charge in [0.15, 0.2) is 5.67 Å². The van der Waals surface area contributed by atoms with Crippen LogP contribution in [0, 0.1) is 0 Å². The third-order valence-electron chi connectivity index (χ3n) is 2.68. The zero-order valence-electron chi connectivity index (χ0n) is 8.00. The first-order chi connectivity index (χ1) is 6.74. The van der Waals surface area contributed by atoms with Crippen molar-refractivity contribution in [2.24, 2.45) is 5.73 Å². The molecule has 0 spiro atoms. The summed E-state index contributed by atoms with van der Waals surface area (Å²) in [4.78, 5) is 0. The van der Waals surface area contributed by atoms with Gasteiger partial charge in [-0.05, 0) is 11.1 Å². The molecule has 1 fully saturated rings. The maximum Gasteiger partial charge on any atom is 0.161 e. The monoisotopic (exact) mass is 195 g/mol. The number of ether oxygens (including phenoxy) is 1. The third-order valence-corrected chi connectivity index (χ3v) is 2.68. The van der Waals surface area contributed by atoms with Gasteiger partial charge in [0.25, 0.3) is 0 Å². The van der Waals surface area contributed by atoms with E-state index >= 15 is 0 Å². The summed E-state index contributed by atoms with van der Waals surface area (Å²) in [7, 11) is 0. The number of halogens is 1. The molecule has 1 aliphatic heterocycles. The molecule has 0 aliphatic carbocycles. The van der Waals surface area contributed by atoms with E-state index in [-0.39, 0.29) is 6.61 Å². The topological polar surface area (TPSA) is 35.2 Å². The van der Waals surface area contributed by atoms with Gasteiger partial charge in [-0.15, -0.1) is 0 Å². The van der Waals surface area contributed by atoms with Crippen LogP contribution in [-0.4, -0.2) is 13.2 Å². The molecule has 2 rings (SSSR count). The average Bonchev–Trinajstić information content (AvgIpc) is 2.67. The van der Waals surface area contributed by atoms with Gasteiger partial charge >= 0.3 is 0 Å². The minimum absolute atomic E-state index is 0.176. The lowest BCUT2D eigenvalue weighted by Gasteiger charge is -2.17. The van der Waals surface area contributed by atoms with Gasteiger partial charge in [0.2, 0.25) is 0 Å². The van der Waals surface area contributed by atoms with Crippen LogP contribution in [-0.2, 0) is 17.0 Å². The minimum atomic E-state index is -1.28. The number of rotatable bonds is 2. The average molecular weight is 195 g/mol. The Morgan fingerprint density at radius 3 is 2.57 bits per heavy atom. The maximum atomic E-state index is 14.1. The summed E-state index contributed by atoms with van der Waals surface area (Å²) in [5, 5.41) is 0. The molecule has 2 N–H and O–H groups in total. The Balaban J connectivity index is 2.23. The Morgan fingerprint density at radius 1 is 1.36 bits per heavy atom. The summed E-state index contributed by atoms with van der Waals surface area (Å²) in [6, 6.07) is 7.34. The minimum Gasteiger partial charge on any atom is -0.378 e. The van der Waals surface area contributed by atoms with Crippen LogP contribution < -0.4 is 5.73 Å². The molecule has 14 heavy (non-hydrogen) atoms. The summed E-state index contributed by atoms with van der Waals surface area (Å²) in [6.07, 6.45) is 0.453. The van der Waals surface area contributed by atoms with Crippen molar-refractivity contribution < 1.29 is 9.13 Å². The Kier molecular flexibility index (Phi) is 2.52. The first-order valence-corrected chi connectivity index (χ1v) is 4.81. The van der Waals surface area contributed by atoms with E-state index in [0.717, 1.165) is 5.56 Å². The molecule has 0 bridgehead atoms. The fraction of sp³-hybridized carbons (Fsp3) is 0.455. The molecule has 1 unspecified atom stereocenters. The number of hydrogen-bond acceptors (Lipinski definition) is 2. The van der Waals surface area contributed by atoms with E-state index in [1.165, 1.54) is 0 Å². The van der Waals surface area contributed by atoms with Gasteiger partial charge in [-0.2, -0.15) is 0 Å². The highest BCUT2D eigenvalue weighted by Gasteiger charge is 2.36. The fourth-order valence-corrected chi connectivity index (χ4v) is 1.71. The molecule has 0 saturated carbocycles. The second-order valence-corrected chi connectivity index (χ2v) is 3.67. The van der Waals surface area contributed by atoms with E-state index in [4.69, 9.17) is 10.5 Å². The molecule has 0 amide bonds. The molecule has 1 aromatic carbocycles. The van der Waals surface area contributed by atoms with E-state index in [1.807, 2.05) is 12.1 Å². The van der Waals surface area contributed by atoms with Crippen LogP contribution in [0.4, 0.5) is 4.39 Å². The fourth-order valence-electron chi connectivity index (χ4n) is 1.71. The Hall–Kier alpha value is -0.930. The zero-order valence-corrected chi connectivity index (χ0v) is 8.00. The predicted octanol–water partition coefficient (Wildman–Crippen LogP) is 1.73. The Morgan fingerprint density at radius 2 is 2.07 bits per heavy atom. The van der Waals surface area contributed by atoms with Crippen molar-refractivity contribution in [1.82, 2.24) is 0 Å². The van der Waals surface area contributed by atoms with Gasteiger partial charge in [-0.25, -0.2) is 4.39 Å². The van der Waals surface area contributed by atoms with Crippen LogP contribution in [0.2, 0.25) is 0 Å². The van der Waals surface area contributed by atoms with Crippen molar-refractivity contribution in [3.63, 3.8) is 0 Å². The van der Waals surface area contributed by atoms with Crippen LogP contribution in [0.15, 0.2) is 24.3 Å². The van der Waals surface area contributed by atoms with Crippen molar-refractivity contribution in [2.45, 2.75) is 18.6 Å².